The minimum absolute atomic E-state index is 0.309. The molecule has 19 heavy (non-hydrogen) atoms. The number of aromatic nitrogens is 2. The standard InChI is InChI=1S/C14H16ClN3O/c1-3-10-6-4-5-7-11(10)8-16-14-12(19-2)13(15)17-9-18-14/h4-7,9H,3,8H2,1-2H3,(H,16,17,18). The van der Waals surface area contributed by atoms with Gasteiger partial charge in [0.25, 0.3) is 0 Å². The van der Waals surface area contributed by atoms with Crippen LogP contribution in [-0.2, 0) is 13.0 Å². The number of hydrogen-bond donors (Lipinski definition) is 1. The van der Waals surface area contributed by atoms with E-state index in [1.807, 2.05) is 12.1 Å². The lowest BCUT2D eigenvalue weighted by atomic mass is 10.1. The summed E-state index contributed by atoms with van der Waals surface area (Å²) in [6.07, 6.45) is 2.42. The number of hydrogen-bond acceptors (Lipinski definition) is 4. The Hall–Kier alpha value is -1.81. The van der Waals surface area contributed by atoms with E-state index < -0.39 is 0 Å². The zero-order valence-electron chi connectivity index (χ0n) is 11.0. The Balaban J connectivity index is 2.17. The van der Waals surface area contributed by atoms with Gasteiger partial charge in [-0.15, -0.1) is 0 Å². The van der Waals surface area contributed by atoms with Crippen LogP contribution in [0.4, 0.5) is 5.82 Å². The zero-order chi connectivity index (χ0) is 13.7. The lowest BCUT2D eigenvalue weighted by Gasteiger charge is -2.12. The molecular weight excluding hydrogens is 262 g/mol. The molecule has 0 amide bonds. The summed E-state index contributed by atoms with van der Waals surface area (Å²) in [5.74, 6) is 1.08. The molecular formula is C14H16ClN3O. The highest BCUT2D eigenvalue weighted by Gasteiger charge is 2.10. The molecule has 100 valence electrons. The Bertz CT molecular complexity index is 560. The van der Waals surface area contributed by atoms with Gasteiger partial charge in [0.1, 0.15) is 6.33 Å². The minimum Gasteiger partial charge on any atom is -0.490 e. The summed E-state index contributed by atoms with van der Waals surface area (Å²) >= 11 is 5.95. The minimum atomic E-state index is 0.309. The highest BCUT2D eigenvalue weighted by molar-refractivity contribution is 6.31. The highest BCUT2D eigenvalue weighted by atomic mass is 35.5. The molecule has 5 heteroatoms. The second kappa shape index (κ2) is 6.38. The Kier molecular flexibility index (Phi) is 4.58. The number of benzene rings is 1. The highest BCUT2D eigenvalue weighted by Crippen LogP contribution is 2.28. The molecule has 0 saturated heterocycles. The largest absolute Gasteiger partial charge is 0.490 e. The molecule has 0 aliphatic heterocycles. The van der Waals surface area contributed by atoms with Crippen LogP contribution in [0.3, 0.4) is 0 Å². The van der Waals surface area contributed by atoms with Crippen LogP contribution in [0.15, 0.2) is 30.6 Å². The number of halogens is 1. The number of methoxy groups -OCH3 is 1. The van der Waals surface area contributed by atoms with Crippen LogP contribution in [0.1, 0.15) is 18.1 Å². The fraction of sp³-hybridized carbons (Fsp3) is 0.286. The van der Waals surface area contributed by atoms with Gasteiger partial charge in [-0.05, 0) is 17.5 Å². The monoisotopic (exact) mass is 277 g/mol. The average molecular weight is 278 g/mol. The smallest absolute Gasteiger partial charge is 0.198 e. The number of ether oxygens (including phenoxy) is 1. The van der Waals surface area contributed by atoms with Crippen LogP contribution < -0.4 is 10.1 Å². The maximum absolute atomic E-state index is 5.95. The number of nitrogens with zero attached hydrogens (tertiary/aromatic N) is 2. The number of nitrogens with one attached hydrogen (secondary N) is 1. The lowest BCUT2D eigenvalue weighted by Crippen LogP contribution is -2.06. The molecule has 0 radical (unpaired) electrons. The molecule has 0 saturated carbocycles. The summed E-state index contributed by atoms with van der Waals surface area (Å²) in [7, 11) is 1.55. The Morgan fingerprint density at radius 3 is 2.63 bits per heavy atom. The van der Waals surface area contributed by atoms with Crippen molar-refractivity contribution in [1.82, 2.24) is 9.97 Å². The predicted octanol–water partition coefficient (Wildman–Crippen LogP) is 3.31. The van der Waals surface area contributed by atoms with Crippen molar-refractivity contribution in [3.63, 3.8) is 0 Å². The molecule has 1 aromatic heterocycles. The van der Waals surface area contributed by atoms with E-state index in [4.69, 9.17) is 16.3 Å². The first kappa shape index (κ1) is 13.6. The van der Waals surface area contributed by atoms with Crippen molar-refractivity contribution in [2.45, 2.75) is 19.9 Å². The van der Waals surface area contributed by atoms with Crippen LogP contribution in [-0.4, -0.2) is 17.1 Å². The van der Waals surface area contributed by atoms with Crippen molar-refractivity contribution in [3.05, 3.63) is 46.9 Å². The molecule has 1 heterocycles. The SMILES string of the molecule is CCc1ccccc1CNc1ncnc(Cl)c1OC. The van der Waals surface area contributed by atoms with Gasteiger partial charge in [-0.2, -0.15) is 0 Å². The molecule has 0 atom stereocenters. The molecule has 0 fully saturated rings. The zero-order valence-corrected chi connectivity index (χ0v) is 11.7. The maximum atomic E-state index is 5.95. The Labute approximate surface area is 117 Å². The normalized spacial score (nSPS) is 10.3. The van der Waals surface area contributed by atoms with E-state index in [1.165, 1.54) is 17.5 Å². The first-order chi connectivity index (χ1) is 9.26. The third-order valence-electron chi connectivity index (χ3n) is 2.91. The van der Waals surface area contributed by atoms with Gasteiger partial charge in [-0.25, -0.2) is 9.97 Å². The Morgan fingerprint density at radius 2 is 1.95 bits per heavy atom. The molecule has 0 bridgehead atoms. The van der Waals surface area contributed by atoms with E-state index in [9.17, 15) is 0 Å². The van der Waals surface area contributed by atoms with Gasteiger partial charge in [-0.1, -0.05) is 42.8 Å². The molecule has 0 aliphatic carbocycles. The van der Waals surface area contributed by atoms with Gasteiger partial charge >= 0.3 is 0 Å². The molecule has 2 aromatic rings. The summed E-state index contributed by atoms with van der Waals surface area (Å²) in [4.78, 5) is 8.04. The van der Waals surface area contributed by atoms with Gasteiger partial charge in [0.15, 0.2) is 16.7 Å². The summed E-state index contributed by atoms with van der Waals surface area (Å²) in [5, 5.41) is 3.54. The van der Waals surface area contributed by atoms with Crippen LogP contribution in [0.2, 0.25) is 5.15 Å². The quantitative estimate of drug-likeness (QED) is 0.852. The van der Waals surface area contributed by atoms with E-state index >= 15 is 0 Å². The van der Waals surface area contributed by atoms with Gasteiger partial charge < -0.3 is 10.1 Å². The molecule has 0 unspecified atom stereocenters. The maximum Gasteiger partial charge on any atom is 0.198 e. The average Bonchev–Trinajstić information content (AvgIpc) is 2.45. The third-order valence-corrected chi connectivity index (χ3v) is 3.18. The summed E-state index contributed by atoms with van der Waals surface area (Å²) in [5.41, 5.74) is 2.55. The summed E-state index contributed by atoms with van der Waals surface area (Å²) in [6, 6.07) is 8.30. The second-order valence-corrected chi connectivity index (χ2v) is 4.38. The molecule has 1 N–H and O–H groups in total. The van der Waals surface area contributed by atoms with Gasteiger partial charge in [0.2, 0.25) is 0 Å². The molecule has 4 nitrogen and oxygen atoms in total. The number of rotatable bonds is 5. The number of anilines is 1. The summed E-state index contributed by atoms with van der Waals surface area (Å²) in [6.45, 7) is 2.81. The molecule has 0 aliphatic rings. The van der Waals surface area contributed by atoms with Crippen LogP contribution in [0.5, 0.6) is 5.75 Å². The topological polar surface area (TPSA) is 47.0 Å². The van der Waals surface area contributed by atoms with Crippen molar-refractivity contribution < 1.29 is 4.74 Å². The number of aryl methyl sites for hydroxylation is 1. The van der Waals surface area contributed by atoms with Gasteiger partial charge in [0, 0.05) is 6.54 Å². The van der Waals surface area contributed by atoms with E-state index in [-0.39, 0.29) is 0 Å². The first-order valence-corrected chi connectivity index (χ1v) is 6.49. The molecule has 1 aromatic carbocycles. The van der Waals surface area contributed by atoms with Gasteiger partial charge in [-0.3, -0.25) is 0 Å². The van der Waals surface area contributed by atoms with E-state index in [1.54, 1.807) is 7.11 Å². The Morgan fingerprint density at radius 1 is 1.21 bits per heavy atom. The van der Waals surface area contributed by atoms with Crippen molar-refractivity contribution >= 4 is 17.4 Å². The second-order valence-electron chi connectivity index (χ2n) is 4.02. The predicted molar refractivity (Wildman–Crippen MR) is 76.7 cm³/mol. The fourth-order valence-electron chi connectivity index (χ4n) is 1.91. The van der Waals surface area contributed by atoms with E-state index in [2.05, 4.69) is 34.3 Å². The van der Waals surface area contributed by atoms with Crippen molar-refractivity contribution in [2.24, 2.45) is 0 Å². The lowest BCUT2D eigenvalue weighted by molar-refractivity contribution is 0.413. The van der Waals surface area contributed by atoms with E-state index in [0.29, 0.717) is 23.3 Å². The summed E-state index contributed by atoms with van der Waals surface area (Å²) < 4.78 is 5.20. The van der Waals surface area contributed by atoms with Gasteiger partial charge in [0.05, 0.1) is 7.11 Å². The van der Waals surface area contributed by atoms with Crippen LogP contribution >= 0.6 is 11.6 Å². The van der Waals surface area contributed by atoms with Crippen LogP contribution in [0.25, 0.3) is 0 Å². The third kappa shape index (κ3) is 3.15. The van der Waals surface area contributed by atoms with E-state index in [0.717, 1.165) is 6.42 Å². The first-order valence-electron chi connectivity index (χ1n) is 6.11. The molecule has 2 rings (SSSR count). The molecule has 0 spiro atoms. The van der Waals surface area contributed by atoms with Crippen LogP contribution in [0, 0.1) is 0 Å². The van der Waals surface area contributed by atoms with Crippen molar-refractivity contribution in [3.8, 4) is 5.75 Å². The fourth-order valence-corrected chi connectivity index (χ4v) is 2.12. The van der Waals surface area contributed by atoms with Crippen molar-refractivity contribution in [2.75, 3.05) is 12.4 Å². The van der Waals surface area contributed by atoms with Crippen molar-refractivity contribution in [1.29, 1.82) is 0 Å².